The monoisotopic (exact) mass is 338 g/mol. The fourth-order valence-corrected chi connectivity index (χ4v) is 3.49. The molecule has 2 aliphatic rings. The molecule has 0 unspecified atom stereocenters. The lowest BCUT2D eigenvalue weighted by Crippen LogP contribution is -2.43. The maximum atomic E-state index is 4.53. The molecule has 25 heavy (non-hydrogen) atoms. The van der Waals surface area contributed by atoms with Gasteiger partial charge < -0.3 is 4.90 Å². The Kier molecular flexibility index (Phi) is 4.61. The third-order valence-electron chi connectivity index (χ3n) is 5.32. The highest BCUT2D eigenvalue weighted by Gasteiger charge is 2.27. The third kappa shape index (κ3) is 3.95. The van der Waals surface area contributed by atoms with Crippen molar-refractivity contribution >= 4 is 5.82 Å². The molecule has 1 aliphatic carbocycles. The SMILES string of the molecule is Cc1ccc(N(C)C2CCN(Cc3cnc(C4CC4)nc3)CC2)nn1. The third-order valence-corrected chi connectivity index (χ3v) is 5.32. The molecule has 6 heteroatoms. The molecular formula is C19H26N6. The van der Waals surface area contributed by atoms with Gasteiger partial charge in [0.1, 0.15) is 5.82 Å². The summed E-state index contributed by atoms with van der Waals surface area (Å²) in [6, 6.07) is 4.62. The van der Waals surface area contributed by atoms with Gasteiger partial charge in [0, 0.05) is 56.6 Å². The van der Waals surface area contributed by atoms with Crippen molar-refractivity contribution in [2.45, 2.75) is 51.1 Å². The van der Waals surface area contributed by atoms with Crippen LogP contribution in [0.4, 0.5) is 5.82 Å². The van der Waals surface area contributed by atoms with E-state index in [1.807, 2.05) is 25.4 Å². The van der Waals surface area contributed by atoms with E-state index in [0.717, 1.165) is 49.8 Å². The highest BCUT2D eigenvalue weighted by Crippen LogP contribution is 2.37. The lowest BCUT2D eigenvalue weighted by Gasteiger charge is -2.37. The smallest absolute Gasteiger partial charge is 0.151 e. The van der Waals surface area contributed by atoms with Crippen LogP contribution in [-0.2, 0) is 6.54 Å². The predicted octanol–water partition coefficient (Wildman–Crippen LogP) is 2.55. The van der Waals surface area contributed by atoms with Gasteiger partial charge >= 0.3 is 0 Å². The summed E-state index contributed by atoms with van der Waals surface area (Å²) >= 11 is 0. The zero-order valence-electron chi connectivity index (χ0n) is 15.1. The van der Waals surface area contributed by atoms with Crippen molar-refractivity contribution in [3.8, 4) is 0 Å². The van der Waals surface area contributed by atoms with Crippen LogP contribution in [0.5, 0.6) is 0 Å². The normalized spacial score (nSPS) is 19.1. The first-order valence-electron chi connectivity index (χ1n) is 9.25. The first kappa shape index (κ1) is 16.4. The van der Waals surface area contributed by atoms with Crippen LogP contribution in [0.15, 0.2) is 24.5 Å². The van der Waals surface area contributed by atoms with E-state index < -0.39 is 0 Å². The predicted molar refractivity (Wildman–Crippen MR) is 97.5 cm³/mol. The molecule has 2 fully saturated rings. The van der Waals surface area contributed by atoms with E-state index in [-0.39, 0.29) is 0 Å². The van der Waals surface area contributed by atoms with Gasteiger partial charge in [-0.2, -0.15) is 5.10 Å². The van der Waals surface area contributed by atoms with Gasteiger partial charge in [-0.1, -0.05) is 0 Å². The van der Waals surface area contributed by atoms with E-state index in [1.165, 1.54) is 18.4 Å². The molecule has 1 saturated carbocycles. The van der Waals surface area contributed by atoms with Crippen molar-refractivity contribution in [2.75, 3.05) is 25.0 Å². The van der Waals surface area contributed by atoms with Gasteiger partial charge in [0.25, 0.3) is 0 Å². The van der Waals surface area contributed by atoms with E-state index in [0.29, 0.717) is 12.0 Å². The highest BCUT2D eigenvalue weighted by molar-refractivity contribution is 5.37. The summed E-state index contributed by atoms with van der Waals surface area (Å²) in [7, 11) is 2.13. The topological polar surface area (TPSA) is 58.0 Å². The van der Waals surface area contributed by atoms with E-state index in [4.69, 9.17) is 0 Å². The summed E-state index contributed by atoms with van der Waals surface area (Å²) in [5.74, 6) is 2.63. The van der Waals surface area contributed by atoms with E-state index in [2.05, 4.69) is 43.1 Å². The van der Waals surface area contributed by atoms with Crippen LogP contribution in [0, 0.1) is 6.92 Å². The second-order valence-corrected chi connectivity index (χ2v) is 7.37. The molecule has 3 heterocycles. The van der Waals surface area contributed by atoms with Crippen molar-refractivity contribution in [1.29, 1.82) is 0 Å². The summed E-state index contributed by atoms with van der Waals surface area (Å²) in [6.45, 7) is 5.11. The van der Waals surface area contributed by atoms with Crippen LogP contribution in [0.2, 0.25) is 0 Å². The molecule has 0 amide bonds. The zero-order chi connectivity index (χ0) is 17.2. The summed E-state index contributed by atoms with van der Waals surface area (Å²) in [6.07, 6.45) is 8.83. The fraction of sp³-hybridized carbons (Fsp3) is 0.579. The number of nitrogens with zero attached hydrogens (tertiary/aromatic N) is 6. The molecule has 0 aromatic carbocycles. The number of anilines is 1. The van der Waals surface area contributed by atoms with Gasteiger partial charge in [-0.15, -0.1) is 5.10 Å². The molecule has 0 radical (unpaired) electrons. The Morgan fingerprint density at radius 3 is 2.36 bits per heavy atom. The summed E-state index contributed by atoms with van der Waals surface area (Å²) in [4.78, 5) is 13.8. The zero-order valence-corrected chi connectivity index (χ0v) is 15.1. The maximum Gasteiger partial charge on any atom is 0.151 e. The van der Waals surface area contributed by atoms with Gasteiger partial charge in [0.15, 0.2) is 5.82 Å². The van der Waals surface area contributed by atoms with Crippen molar-refractivity contribution in [3.63, 3.8) is 0 Å². The van der Waals surface area contributed by atoms with Crippen molar-refractivity contribution in [3.05, 3.63) is 41.6 Å². The first-order valence-corrected chi connectivity index (χ1v) is 9.25. The minimum Gasteiger partial charge on any atom is -0.355 e. The number of rotatable bonds is 5. The molecule has 2 aromatic rings. The Morgan fingerprint density at radius 2 is 1.76 bits per heavy atom. The standard InChI is InChI=1S/C19H26N6/c1-14-3-6-18(23-22-14)24(2)17-7-9-25(10-8-17)13-15-11-20-19(21-12-15)16-4-5-16/h3,6,11-12,16-17H,4-5,7-10,13H2,1-2H3. The fourth-order valence-electron chi connectivity index (χ4n) is 3.49. The second kappa shape index (κ2) is 7.04. The van der Waals surface area contributed by atoms with Crippen LogP contribution in [-0.4, -0.2) is 51.2 Å². The maximum absolute atomic E-state index is 4.53. The molecular weight excluding hydrogens is 312 g/mol. The molecule has 2 aromatic heterocycles. The van der Waals surface area contributed by atoms with Crippen LogP contribution >= 0.6 is 0 Å². The van der Waals surface area contributed by atoms with Crippen LogP contribution in [0.3, 0.4) is 0 Å². The van der Waals surface area contributed by atoms with E-state index >= 15 is 0 Å². The van der Waals surface area contributed by atoms with Gasteiger partial charge in [0.05, 0.1) is 5.69 Å². The molecule has 0 spiro atoms. The second-order valence-electron chi connectivity index (χ2n) is 7.37. The Balaban J connectivity index is 1.29. The number of aromatic nitrogens is 4. The number of piperidine rings is 1. The van der Waals surface area contributed by atoms with Crippen LogP contribution in [0.1, 0.15) is 48.7 Å². The van der Waals surface area contributed by atoms with Crippen molar-refractivity contribution in [2.24, 2.45) is 0 Å². The Hall–Kier alpha value is -2.08. The molecule has 1 aliphatic heterocycles. The average molecular weight is 338 g/mol. The van der Waals surface area contributed by atoms with Gasteiger partial charge in [-0.25, -0.2) is 9.97 Å². The average Bonchev–Trinajstić information content (AvgIpc) is 3.48. The summed E-state index contributed by atoms with van der Waals surface area (Å²) in [5, 5.41) is 8.49. The molecule has 4 rings (SSSR count). The van der Waals surface area contributed by atoms with E-state index in [1.54, 1.807) is 0 Å². The van der Waals surface area contributed by atoms with Crippen molar-refractivity contribution in [1.82, 2.24) is 25.1 Å². The summed E-state index contributed by atoms with van der Waals surface area (Å²) in [5.41, 5.74) is 2.18. The minimum atomic E-state index is 0.529. The van der Waals surface area contributed by atoms with E-state index in [9.17, 15) is 0 Å². The Morgan fingerprint density at radius 1 is 1.04 bits per heavy atom. The van der Waals surface area contributed by atoms with Crippen LogP contribution in [0.25, 0.3) is 0 Å². The molecule has 0 N–H and O–H groups in total. The largest absolute Gasteiger partial charge is 0.355 e. The number of likely N-dealkylation sites (tertiary alicyclic amines) is 1. The van der Waals surface area contributed by atoms with Gasteiger partial charge in [-0.3, -0.25) is 4.90 Å². The molecule has 1 saturated heterocycles. The van der Waals surface area contributed by atoms with Crippen molar-refractivity contribution < 1.29 is 0 Å². The Labute approximate surface area is 149 Å². The quantitative estimate of drug-likeness (QED) is 0.835. The minimum absolute atomic E-state index is 0.529. The molecule has 0 atom stereocenters. The number of hydrogen-bond donors (Lipinski definition) is 0. The Bertz CT molecular complexity index is 687. The molecule has 132 valence electrons. The van der Waals surface area contributed by atoms with Gasteiger partial charge in [-0.05, 0) is 44.7 Å². The molecule has 0 bridgehead atoms. The lowest BCUT2D eigenvalue weighted by atomic mass is 10.0. The highest BCUT2D eigenvalue weighted by atomic mass is 15.3. The first-order chi connectivity index (χ1) is 12.2. The lowest BCUT2D eigenvalue weighted by molar-refractivity contribution is 0.202. The summed E-state index contributed by atoms with van der Waals surface area (Å²) < 4.78 is 0. The number of aryl methyl sites for hydroxylation is 1. The van der Waals surface area contributed by atoms with Crippen LogP contribution < -0.4 is 4.90 Å². The molecule has 6 nitrogen and oxygen atoms in total. The van der Waals surface area contributed by atoms with Gasteiger partial charge in [0.2, 0.25) is 0 Å². The number of hydrogen-bond acceptors (Lipinski definition) is 6.